The van der Waals surface area contributed by atoms with Gasteiger partial charge in [0.1, 0.15) is 6.54 Å². The number of hydrogen-bond donors (Lipinski definition) is 2. The molecule has 9 nitrogen and oxygen atoms in total. The lowest BCUT2D eigenvalue weighted by atomic mass is 10.2. The molecule has 0 radical (unpaired) electrons. The molecule has 0 heterocycles. The van der Waals surface area contributed by atoms with Crippen LogP contribution in [0.15, 0.2) is 24.3 Å². The third-order valence-electron chi connectivity index (χ3n) is 2.78. The molecule has 0 aromatic heterocycles. The van der Waals surface area contributed by atoms with Crippen LogP contribution in [0.5, 0.6) is 0 Å². The number of nitro benzene ring substituents is 1. The normalized spacial score (nSPS) is 10.1. The summed E-state index contributed by atoms with van der Waals surface area (Å²) in [5.41, 5.74) is -0.182. The van der Waals surface area contributed by atoms with Gasteiger partial charge in [-0.05, 0) is 12.0 Å². The second kappa shape index (κ2) is 9.23. The fourth-order valence-corrected chi connectivity index (χ4v) is 1.58. The van der Waals surface area contributed by atoms with Gasteiger partial charge in [-0.25, -0.2) is 0 Å². The molecule has 1 aromatic rings. The molecule has 2 N–H and O–H groups in total. The maximum atomic E-state index is 11.8. The Morgan fingerprint density at radius 3 is 2.58 bits per heavy atom. The highest BCUT2D eigenvalue weighted by Crippen LogP contribution is 2.12. The van der Waals surface area contributed by atoms with E-state index in [1.54, 1.807) is 0 Å². The van der Waals surface area contributed by atoms with Gasteiger partial charge in [0.05, 0.1) is 4.92 Å². The van der Waals surface area contributed by atoms with Crippen molar-refractivity contribution >= 4 is 23.5 Å². The minimum atomic E-state index is -0.784. The molecule has 9 heteroatoms. The van der Waals surface area contributed by atoms with E-state index in [-0.39, 0.29) is 17.2 Å². The Labute approximate surface area is 138 Å². The Balaban J connectivity index is 2.38. The van der Waals surface area contributed by atoms with Crippen LogP contribution >= 0.6 is 0 Å². The lowest BCUT2D eigenvalue weighted by Crippen LogP contribution is -2.35. The number of amides is 2. The van der Waals surface area contributed by atoms with Crippen molar-refractivity contribution < 1.29 is 24.0 Å². The van der Waals surface area contributed by atoms with E-state index >= 15 is 0 Å². The number of nitro groups is 1. The summed E-state index contributed by atoms with van der Waals surface area (Å²) in [6, 6.07) is 5.10. The van der Waals surface area contributed by atoms with Gasteiger partial charge in [-0.15, -0.1) is 0 Å². The molecule has 0 saturated carbocycles. The molecule has 24 heavy (non-hydrogen) atoms. The zero-order chi connectivity index (χ0) is 18.1. The molecule has 2 amide bonds. The lowest BCUT2D eigenvalue weighted by Gasteiger charge is -2.09. The van der Waals surface area contributed by atoms with E-state index in [2.05, 4.69) is 10.6 Å². The zero-order valence-electron chi connectivity index (χ0n) is 13.4. The van der Waals surface area contributed by atoms with Crippen molar-refractivity contribution in [3.63, 3.8) is 0 Å². The van der Waals surface area contributed by atoms with Gasteiger partial charge in [0, 0.05) is 24.2 Å². The predicted molar refractivity (Wildman–Crippen MR) is 84.2 cm³/mol. The number of benzene rings is 1. The monoisotopic (exact) mass is 337 g/mol. The molecule has 0 aliphatic rings. The molecule has 0 spiro atoms. The van der Waals surface area contributed by atoms with Crippen molar-refractivity contribution in [2.75, 3.05) is 19.7 Å². The van der Waals surface area contributed by atoms with Crippen molar-refractivity contribution in [3.8, 4) is 0 Å². The molecular formula is C15H19N3O6. The number of carbonyl (C=O) groups excluding carboxylic acids is 3. The summed E-state index contributed by atoms with van der Waals surface area (Å²) in [5.74, 6) is -1.59. The minimum Gasteiger partial charge on any atom is -0.454 e. The quantitative estimate of drug-likeness (QED) is 0.407. The molecule has 0 saturated heterocycles. The second-order valence-electron chi connectivity index (χ2n) is 5.35. The van der Waals surface area contributed by atoms with Gasteiger partial charge in [0.25, 0.3) is 17.5 Å². The lowest BCUT2D eigenvalue weighted by molar-refractivity contribution is -0.384. The van der Waals surface area contributed by atoms with Crippen LogP contribution in [0.3, 0.4) is 0 Å². The predicted octanol–water partition coefficient (Wildman–Crippen LogP) is 0.640. The van der Waals surface area contributed by atoms with Crippen molar-refractivity contribution in [3.05, 3.63) is 39.9 Å². The van der Waals surface area contributed by atoms with Crippen molar-refractivity contribution in [1.82, 2.24) is 10.6 Å². The topological polar surface area (TPSA) is 128 Å². The van der Waals surface area contributed by atoms with Crippen LogP contribution in [0.1, 0.15) is 24.2 Å². The number of nitrogens with one attached hydrogen (secondary N) is 2. The number of esters is 1. The molecule has 1 rings (SSSR count). The molecule has 1 aromatic carbocycles. The smallest absolute Gasteiger partial charge is 0.325 e. The fraction of sp³-hybridized carbons (Fsp3) is 0.400. The molecule has 0 aliphatic carbocycles. The summed E-state index contributed by atoms with van der Waals surface area (Å²) in [6.45, 7) is 3.45. The van der Waals surface area contributed by atoms with E-state index in [0.29, 0.717) is 6.54 Å². The largest absolute Gasteiger partial charge is 0.454 e. The van der Waals surface area contributed by atoms with Crippen molar-refractivity contribution in [2.45, 2.75) is 13.8 Å². The first-order valence-corrected chi connectivity index (χ1v) is 7.24. The third kappa shape index (κ3) is 6.86. The van der Waals surface area contributed by atoms with Crippen LogP contribution < -0.4 is 10.6 Å². The molecule has 0 atom stereocenters. The van der Waals surface area contributed by atoms with E-state index in [0.717, 1.165) is 6.07 Å². The third-order valence-corrected chi connectivity index (χ3v) is 2.78. The summed E-state index contributed by atoms with van der Waals surface area (Å²) in [7, 11) is 0. The number of nitrogens with zero attached hydrogens (tertiary/aromatic N) is 1. The van der Waals surface area contributed by atoms with Crippen LogP contribution in [0.25, 0.3) is 0 Å². The molecule has 0 bridgehead atoms. The molecule has 0 unspecified atom stereocenters. The number of rotatable bonds is 8. The van der Waals surface area contributed by atoms with Gasteiger partial charge in [0.15, 0.2) is 6.61 Å². The Bertz CT molecular complexity index is 629. The zero-order valence-corrected chi connectivity index (χ0v) is 13.4. The van der Waals surface area contributed by atoms with Crippen LogP contribution in [0.4, 0.5) is 5.69 Å². The van der Waals surface area contributed by atoms with Crippen LogP contribution in [-0.2, 0) is 14.3 Å². The first-order chi connectivity index (χ1) is 11.3. The number of ether oxygens (including phenoxy) is 1. The average Bonchev–Trinajstić information content (AvgIpc) is 2.55. The molecule has 0 aliphatic heterocycles. The summed E-state index contributed by atoms with van der Waals surface area (Å²) in [4.78, 5) is 44.7. The number of non-ortho nitro benzene ring substituents is 1. The Kier molecular flexibility index (Phi) is 7.34. The first-order valence-electron chi connectivity index (χ1n) is 7.24. The van der Waals surface area contributed by atoms with Gasteiger partial charge in [-0.1, -0.05) is 19.9 Å². The van der Waals surface area contributed by atoms with E-state index in [4.69, 9.17) is 4.74 Å². The van der Waals surface area contributed by atoms with Gasteiger partial charge in [0.2, 0.25) is 0 Å². The van der Waals surface area contributed by atoms with Crippen LogP contribution in [-0.4, -0.2) is 42.4 Å². The highest BCUT2D eigenvalue weighted by Gasteiger charge is 2.13. The van der Waals surface area contributed by atoms with Gasteiger partial charge in [-0.2, -0.15) is 0 Å². The van der Waals surface area contributed by atoms with Gasteiger partial charge < -0.3 is 15.4 Å². The Morgan fingerprint density at radius 2 is 1.96 bits per heavy atom. The first kappa shape index (κ1) is 19.1. The van der Waals surface area contributed by atoms with E-state index in [9.17, 15) is 24.5 Å². The summed E-state index contributed by atoms with van der Waals surface area (Å²) < 4.78 is 4.71. The standard InChI is InChI=1S/C15H19N3O6/c1-10(2)7-16-13(19)9-24-14(20)8-17-15(21)11-4-3-5-12(6-11)18(22)23/h3-6,10H,7-9H2,1-2H3,(H,16,19)(H,17,21). The van der Waals surface area contributed by atoms with E-state index < -0.39 is 35.9 Å². The van der Waals surface area contributed by atoms with Crippen LogP contribution in [0.2, 0.25) is 0 Å². The van der Waals surface area contributed by atoms with Crippen molar-refractivity contribution in [1.29, 1.82) is 0 Å². The maximum Gasteiger partial charge on any atom is 0.325 e. The second-order valence-corrected chi connectivity index (χ2v) is 5.35. The number of hydrogen-bond acceptors (Lipinski definition) is 6. The molecule has 130 valence electrons. The Morgan fingerprint density at radius 1 is 1.25 bits per heavy atom. The Hall–Kier alpha value is -2.97. The number of carbonyl (C=O) groups is 3. The maximum absolute atomic E-state index is 11.8. The van der Waals surface area contributed by atoms with Crippen molar-refractivity contribution in [2.24, 2.45) is 5.92 Å². The summed E-state index contributed by atoms with van der Waals surface area (Å²) in [6.07, 6.45) is 0. The molecule has 0 fully saturated rings. The fourth-order valence-electron chi connectivity index (χ4n) is 1.58. The highest BCUT2D eigenvalue weighted by molar-refractivity contribution is 5.96. The summed E-state index contributed by atoms with van der Waals surface area (Å²) >= 11 is 0. The minimum absolute atomic E-state index is 0.0478. The van der Waals surface area contributed by atoms with E-state index in [1.165, 1.54) is 18.2 Å². The summed E-state index contributed by atoms with van der Waals surface area (Å²) in [5, 5.41) is 15.5. The average molecular weight is 337 g/mol. The van der Waals surface area contributed by atoms with E-state index in [1.807, 2.05) is 13.8 Å². The highest BCUT2D eigenvalue weighted by atomic mass is 16.6. The van der Waals surface area contributed by atoms with Gasteiger partial charge in [-0.3, -0.25) is 24.5 Å². The van der Waals surface area contributed by atoms with Crippen LogP contribution in [0, 0.1) is 16.0 Å². The van der Waals surface area contributed by atoms with Gasteiger partial charge >= 0.3 is 5.97 Å². The molecular weight excluding hydrogens is 318 g/mol. The SMILES string of the molecule is CC(C)CNC(=O)COC(=O)CNC(=O)c1cccc([N+](=O)[O-])c1.